The third-order valence-electron chi connectivity index (χ3n) is 6.66. The van der Waals surface area contributed by atoms with E-state index in [-0.39, 0.29) is 35.2 Å². The van der Waals surface area contributed by atoms with E-state index in [2.05, 4.69) is 15.0 Å². The van der Waals surface area contributed by atoms with E-state index in [0.717, 1.165) is 47.9 Å². The summed E-state index contributed by atoms with van der Waals surface area (Å²) >= 11 is 5.60. The average molecular weight is 597 g/mol. The Kier molecular flexibility index (Phi) is 12.3. The molecular formula is C32H37ClN2O7. The van der Waals surface area contributed by atoms with Crippen LogP contribution in [0.15, 0.2) is 58.2 Å². The summed E-state index contributed by atoms with van der Waals surface area (Å²) in [5, 5.41) is 15.5. The lowest BCUT2D eigenvalue weighted by Gasteiger charge is -2.05. The van der Waals surface area contributed by atoms with E-state index < -0.39 is 0 Å². The second-order valence-corrected chi connectivity index (χ2v) is 10.4. The maximum absolute atomic E-state index is 12.2. The van der Waals surface area contributed by atoms with Crippen LogP contribution in [-0.4, -0.2) is 46.5 Å². The number of carbonyl (C=O) groups excluding carboxylic acids is 3. The molecule has 3 aromatic rings. The molecule has 1 N–H and O–H groups in total. The standard InChI is InChI=1S/C16H17NO3.C8H8ClNO.C8H12O3/c1-3-19-16(18)13-14(12-7-5-4-6-10(12)2)17-20-15(13)11-8-9-11;1-6-4-2-3-5-7(6)8(9)10-11;1-2-11-8(10)5-7(9)6-3-4-6/h4-7,11H,3,8-9H2,1-2H3;2-5,11H,1H3;6H,2-5H2,1H3/b;10-8+;. The second kappa shape index (κ2) is 15.9. The number of aromatic nitrogens is 1. The van der Waals surface area contributed by atoms with Crippen molar-refractivity contribution in [2.24, 2.45) is 11.1 Å². The summed E-state index contributed by atoms with van der Waals surface area (Å²) in [6.45, 7) is 8.14. The Labute approximate surface area is 250 Å². The molecule has 2 aromatic carbocycles. The zero-order chi connectivity index (χ0) is 30.6. The molecule has 0 radical (unpaired) electrons. The summed E-state index contributed by atoms with van der Waals surface area (Å²) in [6.07, 6.45) is 3.98. The van der Waals surface area contributed by atoms with E-state index in [1.54, 1.807) is 19.9 Å². The summed E-state index contributed by atoms with van der Waals surface area (Å²) in [5.41, 5.74) is 4.85. The van der Waals surface area contributed by atoms with Gasteiger partial charge in [0.05, 0.1) is 13.2 Å². The van der Waals surface area contributed by atoms with Gasteiger partial charge >= 0.3 is 11.9 Å². The van der Waals surface area contributed by atoms with Crippen LogP contribution in [0.25, 0.3) is 11.3 Å². The fraction of sp³-hybridized carbons (Fsp3) is 0.406. The van der Waals surface area contributed by atoms with E-state index in [1.165, 1.54) is 0 Å². The third-order valence-corrected chi connectivity index (χ3v) is 6.94. The fourth-order valence-corrected chi connectivity index (χ4v) is 4.32. The summed E-state index contributed by atoms with van der Waals surface area (Å²) < 4.78 is 15.2. The molecule has 1 aromatic heterocycles. The van der Waals surface area contributed by atoms with Crippen LogP contribution in [-0.2, 0) is 19.1 Å². The Morgan fingerprint density at radius 1 is 0.952 bits per heavy atom. The SMILES string of the molecule is CCOC(=O)CC(=O)C1CC1.CCOC(=O)c1c(-c2ccccc2C)noc1C1CC1.Cc1ccccc1/C(Cl)=N\O. The number of carbonyl (C=O) groups is 3. The molecule has 0 unspecified atom stereocenters. The topological polar surface area (TPSA) is 128 Å². The molecule has 2 aliphatic carbocycles. The van der Waals surface area contributed by atoms with Crippen LogP contribution in [0.4, 0.5) is 0 Å². The van der Waals surface area contributed by atoms with Gasteiger partial charge in [0, 0.05) is 23.0 Å². The van der Waals surface area contributed by atoms with Crippen molar-refractivity contribution in [3.05, 3.63) is 76.5 Å². The number of nitrogens with zero attached hydrogens (tertiary/aromatic N) is 2. The predicted octanol–water partition coefficient (Wildman–Crippen LogP) is 6.99. The zero-order valence-corrected chi connectivity index (χ0v) is 25.1. The Morgan fingerprint density at radius 2 is 1.57 bits per heavy atom. The van der Waals surface area contributed by atoms with Gasteiger partial charge in [-0.3, -0.25) is 9.59 Å². The minimum absolute atomic E-state index is 0.0293. The van der Waals surface area contributed by atoms with Crippen LogP contribution in [0.3, 0.4) is 0 Å². The van der Waals surface area contributed by atoms with Crippen molar-refractivity contribution in [1.82, 2.24) is 5.16 Å². The molecule has 9 nitrogen and oxygen atoms in total. The van der Waals surface area contributed by atoms with Gasteiger partial charge in [-0.1, -0.05) is 70.4 Å². The van der Waals surface area contributed by atoms with Gasteiger partial charge in [0.15, 0.2) is 10.9 Å². The van der Waals surface area contributed by atoms with Crippen molar-refractivity contribution in [3.8, 4) is 11.3 Å². The van der Waals surface area contributed by atoms with E-state index in [9.17, 15) is 14.4 Å². The number of esters is 2. The number of aryl methyl sites for hydroxylation is 2. The summed E-state index contributed by atoms with van der Waals surface area (Å²) in [7, 11) is 0. The van der Waals surface area contributed by atoms with Gasteiger partial charge < -0.3 is 19.2 Å². The Hall–Kier alpha value is -3.98. The predicted molar refractivity (Wildman–Crippen MR) is 159 cm³/mol. The van der Waals surface area contributed by atoms with Crippen molar-refractivity contribution in [2.75, 3.05) is 13.2 Å². The molecule has 10 heteroatoms. The van der Waals surface area contributed by atoms with E-state index in [1.807, 2.05) is 56.3 Å². The van der Waals surface area contributed by atoms with Crippen molar-refractivity contribution in [3.63, 3.8) is 0 Å². The molecular weight excluding hydrogens is 560 g/mol. The first-order valence-electron chi connectivity index (χ1n) is 14.1. The van der Waals surface area contributed by atoms with Gasteiger partial charge in [-0.05, 0) is 64.5 Å². The summed E-state index contributed by atoms with van der Waals surface area (Å²) in [4.78, 5) is 34.0. The number of ether oxygens (including phenoxy) is 2. The lowest BCUT2D eigenvalue weighted by molar-refractivity contribution is -0.145. The highest BCUT2D eigenvalue weighted by Gasteiger charge is 2.36. The van der Waals surface area contributed by atoms with E-state index >= 15 is 0 Å². The highest BCUT2D eigenvalue weighted by Crippen LogP contribution is 2.44. The van der Waals surface area contributed by atoms with Crippen LogP contribution in [0.5, 0.6) is 0 Å². The molecule has 0 aliphatic heterocycles. The molecule has 224 valence electrons. The molecule has 2 saturated carbocycles. The number of benzene rings is 2. The number of ketones is 1. The average Bonchev–Trinajstić information content (AvgIpc) is 3.92. The molecule has 2 aliphatic rings. The summed E-state index contributed by atoms with van der Waals surface area (Å²) in [5.74, 6) is 0.488. The molecule has 0 spiro atoms. The van der Waals surface area contributed by atoms with Crippen molar-refractivity contribution >= 4 is 34.5 Å². The molecule has 0 atom stereocenters. The van der Waals surface area contributed by atoms with Crippen molar-refractivity contribution < 1.29 is 33.6 Å². The second-order valence-electron chi connectivity index (χ2n) is 10.0. The number of hydrogen-bond donors (Lipinski definition) is 1. The summed E-state index contributed by atoms with van der Waals surface area (Å²) in [6, 6.07) is 15.3. The van der Waals surface area contributed by atoms with E-state index in [0.29, 0.717) is 36.1 Å². The van der Waals surface area contributed by atoms with Gasteiger partial charge in [-0.15, -0.1) is 0 Å². The quantitative estimate of drug-likeness (QED) is 0.0919. The number of hydrogen-bond acceptors (Lipinski definition) is 9. The molecule has 0 amide bonds. The van der Waals surface area contributed by atoms with Crippen LogP contribution >= 0.6 is 11.6 Å². The van der Waals surface area contributed by atoms with Gasteiger partial charge in [-0.25, -0.2) is 4.79 Å². The first-order valence-corrected chi connectivity index (χ1v) is 14.4. The van der Waals surface area contributed by atoms with Gasteiger partial charge in [-0.2, -0.15) is 0 Å². The van der Waals surface area contributed by atoms with E-state index in [4.69, 9.17) is 26.1 Å². The molecule has 42 heavy (non-hydrogen) atoms. The third kappa shape index (κ3) is 9.27. The molecule has 5 rings (SSSR count). The lowest BCUT2D eigenvalue weighted by Crippen LogP contribution is -2.12. The van der Waals surface area contributed by atoms with Crippen LogP contribution in [0, 0.1) is 19.8 Å². The van der Waals surface area contributed by atoms with Crippen LogP contribution in [0.2, 0.25) is 0 Å². The monoisotopic (exact) mass is 596 g/mol. The van der Waals surface area contributed by atoms with Gasteiger partial charge in [0.1, 0.15) is 23.5 Å². The minimum atomic E-state index is -0.385. The molecule has 0 saturated heterocycles. The largest absolute Gasteiger partial charge is 0.466 e. The maximum atomic E-state index is 12.2. The van der Waals surface area contributed by atoms with Crippen LogP contribution in [0.1, 0.15) is 84.7 Å². The minimum Gasteiger partial charge on any atom is -0.466 e. The molecule has 1 heterocycles. The number of halogens is 1. The molecule has 2 fully saturated rings. The highest BCUT2D eigenvalue weighted by molar-refractivity contribution is 6.69. The maximum Gasteiger partial charge on any atom is 0.344 e. The fourth-order valence-electron chi connectivity index (χ4n) is 4.11. The van der Waals surface area contributed by atoms with Crippen molar-refractivity contribution in [2.45, 2.75) is 65.7 Å². The van der Waals surface area contributed by atoms with Crippen molar-refractivity contribution in [1.29, 1.82) is 0 Å². The first kappa shape index (κ1) is 32.5. The Morgan fingerprint density at radius 3 is 2.12 bits per heavy atom. The Balaban J connectivity index is 0.000000188. The number of rotatable bonds is 9. The normalized spacial score (nSPS) is 14.1. The van der Waals surface area contributed by atoms with Gasteiger partial charge in [0.25, 0.3) is 0 Å². The first-order chi connectivity index (χ1) is 20.2. The van der Waals surface area contributed by atoms with Gasteiger partial charge in [0.2, 0.25) is 0 Å². The smallest absolute Gasteiger partial charge is 0.344 e. The number of oxime groups is 1. The van der Waals surface area contributed by atoms with Crippen LogP contribution < -0.4 is 0 Å². The lowest BCUT2D eigenvalue weighted by atomic mass is 10.0. The molecule has 0 bridgehead atoms. The highest BCUT2D eigenvalue weighted by atomic mass is 35.5. The zero-order valence-electron chi connectivity index (χ0n) is 24.4. The number of Topliss-reactive ketones (excluding diaryl/α,β-unsaturated/α-hetero) is 1. The Bertz CT molecular complexity index is 1410.